The van der Waals surface area contributed by atoms with Crippen molar-refractivity contribution in [3.8, 4) is 5.75 Å². The number of ether oxygens (including phenoxy) is 2. The number of benzene rings is 2. The number of aromatic nitrogens is 3. The molecule has 1 N–H and O–H groups in total. The number of hydrogen-bond acceptors (Lipinski definition) is 7. The second kappa shape index (κ2) is 12.0. The predicted molar refractivity (Wildman–Crippen MR) is 144 cm³/mol. The highest BCUT2D eigenvalue weighted by Gasteiger charge is 2.36. The molecule has 1 atom stereocenters. The Hall–Kier alpha value is -2.68. The van der Waals surface area contributed by atoms with Gasteiger partial charge in [-0.1, -0.05) is 72.6 Å². The quantitative estimate of drug-likeness (QED) is 0.168. The first-order chi connectivity index (χ1) is 17.4. The van der Waals surface area contributed by atoms with Crippen LogP contribution in [0.4, 0.5) is 5.95 Å². The molecule has 0 radical (unpaired) electrons. The summed E-state index contributed by atoms with van der Waals surface area (Å²) in [5.74, 6) is 1.68. The fourth-order valence-corrected chi connectivity index (χ4v) is 5.27. The number of unbranched alkanes of at least 4 members (excludes halogenated alkanes) is 1. The van der Waals surface area contributed by atoms with Crippen LogP contribution >= 0.6 is 35.0 Å². The molecular formula is C26H28Cl2N4O3S. The lowest BCUT2D eigenvalue weighted by molar-refractivity contribution is -0.139. The molecule has 1 unspecified atom stereocenters. The molecule has 0 spiro atoms. The molecule has 2 heterocycles. The Kier molecular flexibility index (Phi) is 8.82. The van der Waals surface area contributed by atoms with Crippen LogP contribution < -0.4 is 10.1 Å². The summed E-state index contributed by atoms with van der Waals surface area (Å²) < 4.78 is 13.4. The molecule has 1 aromatic heterocycles. The van der Waals surface area contributed by atoms with E-state index in [0.717, 1.165) is 29.7 Å². The van der Waals surface area contributed by atoms with Gasteiger partial charge in [0.2, 0.25) is 11.1 Å². The number of carbonyl (C=O) groups excluding carboxylic acids is 1. The summed E-state index contributed by atoms with van der Waals surface area (Å²) in [4.78, 5) is 17.8. The summed E-state index contributed by atoms with van der Waals surface area (Å²) in [6.45, 7) is 6.28. The van der Waals surface area contributed by atoms with E-state index in [4.69, 9.17) is 37.8 Å². The molecule has 2 aromatic carbocycles. The van der Waals surface area contributed by atoms with Crippen molar-refractivity contribution in [2.24, 2.45) is 0 Å². The molecule has 0 saturated heterocycles. The first-order valence-corrected chi connectivity index (χ1v) is 13.6. The van der Waals surface area contributed by atoms with E-state index >= 15 is 0 Å². The van der Waals surface area contributed by atoms with E-state index in [0.29, 0.717) is 38.2 Å². The lowest BCUT2D eigenvalue weighted by atomic mass is 9.95. The molecule has 0 amide bonds. The zero-order valence-corrected chi connectivity index (χ0v) is 22.7. The van der Waals surface area contributed by atoms with Gasteiger partial charge in [-0.05, 0) is 38.5 Å². The van der Waals surface area contributed by atoms with Crippen molar-refractivity contribution < 1.29 is 14.3 Å². The van der Waals surface area contributed by atoms with Crippen LogP contribution in [0.2, 0.25) is 10.0 Å². The summed E-state index contributed by atoms with van der Waals surface area (Å²) in [5, 5.41) is 9.74. The standard InChI is InChI=1S/C26H28Cl2N4O3S/c1-4-6-13-36-26-30-25-29-16(3)22(24(33)34-5-2)23(32(25)31-26)19-9-7-8-10-21(19)35-15-17-11-12-18(27)14-20(17)28/h7-12,14,23H,4-6,13,15H2,1-3H3,(H,29,30,31). The molecule has 1 aliphatic rings. The van der Waals surface area contributed by atoms with Crippen LogP contribution in [0.3, 0.4) is 0 Å². The molecule has 4 rings (SSSR count). The van der Waals surface area contributed by atoms with Gasteiger partial charge in [0, 0.05) is 32.6 Å². The summed E-state index contributed by atoms with van der Waals surface area (Å²) in [6.07, 6.45) is 2.16. The zero-order chi connectivity index (χ0) is 25.7. The maximum Gasteiger partial charge on any atom is 0.338 e. The topological polar surface area (TPSA) is 78.3 Å². The van der Waals surface area contributed by atoms with E-state index in [2.05, 4.69) is 17.2 Å². The SMILES string of the molecule is CCCCSc1nc2n(n1)C(c1ccccc1OCc1ccc(Cl)cc1Cl)C(C(=O)OCC)=C(C)N2. The van der Waals surface area contributed by atoms with E-state index in [1.165, 1.54) is 0 Å². The Morgan fingerprint density at radius 2 is 2.00 bits per heavy atom. The number of thioether (sulfide) groups is 1. The van der Waals surface area contributed by atoms with Gasteiger partial charge in [0.15, 0.2) is 0 Å². The highest BCUT2D eigenvalue weighted by Crippen LogP contribution is 2.40. The minimum atomic E-state index is -0.579. The molecule has 1 aliphatic heterocycles. The summed E-state index contributed by atoms with van der Waals surface area (Å²) in [7, 11) is 0. The van der Waals surface area contributed by atoms with E-state index in [-0.39, 0.29) is 13.2 Å². The van der Waals surface area contributed by atoms with Crippen molar-refractivity contribution in [3.63, 3.8) is 0 Å². The number of allylic oxidation sites excluding steroid dienone is 1. The van der Waals surface area contributed by atoms with E-state index < -0.39 is 12.0 Å². The molecule has 0 aliphatic carbocycles. The van der Waals surface area contributed by atoms with Crippen molar-refractivity contribution in [1.82, 2.24) is 14.8 Å². The number of halogens is 2. The summed E-state index contributed by atoms with van der Waals surface area (Å²) in [6, 6.07) is 12.3. The van der Waals surface area contributed by atoms with Crippen molar-refractivity contribution in [2.45, 2.75) is 51.4 Å². The second-order valence-corrected chi connectivity index (χ2v) is 10.1. The molecule has 7 nitrogen and oxygen atoms in total. The Labute approximate surface area is 225 Å². The first-order valence-electron chi connectivity index (χ1n) is 11.8. The molecule has 36 heavy (non-hydrogen) atoms. The number of fused-ring (bicyclic) bond motifs is 1. The zero-order valence-electron chi connectivity index (χ0n) is 20.4. The lowest BCUT2D eigenvalue weighted by Gasteiger charge is -2.29. The molecule has 3 aromatic rings. The number of nitrogens with one attached hydrogen (secondary N) is 1. The number of rotatable bonds is 10. The minimum absolute atomic E-state index is 0.234. The molecule has 190 valence electrons. The van der Waals surface area contributed by atoms with Gasteiger partial charge < -0.3 is 14.8 Å². The van der Waals surface area contributed by atoms with Gasteiger partial charge in [-0.3, -0.25) is 0 Å². The minimum Gasteiger partial charge on any atom is -0.488 e. The van der Waals surface area contributed by atoms with Gasteiger partial charge in [0.05, 0.1) is 12.2 Å². The fraction of sp³-hybridized carbons (Fsp3) is 0.346. The fourth-order valence-electron chi connectivity index (χ4n) is 3.89. The molecule has 0 fully saturated rings. The molecule has 0 saturated carbocycles. The van der Waals surface area contributed by atoms with Gasteiger partial charge in [-0.15, -0.1) is 5.10 Å². The van der Waals surface area contributed by atoms with Gasteiger partial charge >= 0.3 is 5.97 Å². The van der Waals surface area contributed by atoms with Crippen molar-refractivity contribution in [3.05, 3.63) is 74.9 Å². The number of esters is 1. The van der Waals surface area contributed by atoms with E-state index in [1.807, 2.05) is 37.3 Å². The molecular weight excluding hydrogens is 519 g/mol. The van der Waals surface area contributed by atoms with Crippen LogP contribution in [0, 0.1) is 0 Å². The normalized spacial score (nSPS) is 14.9. The van der Waals surface area contributed by atoms with Crippen LogP contribution in [0.15, 0.2) is 58.9 Å². The lowest BCUT2D eigenvalue weighted by Crippen LogP contribution is -2.30. The third-order valence-electron chi connectivity index (χ3n) is 5.67. The highest BCUT2D eigenvalue weighted by atomic mass is 35.5. The number of nitrogens with zero attached hydrogens (tertiary/aromatic N) is 3. The van der Waals surface area contributed by atoms with Crippen LogP contribution in [0.5, 0.6) is 5.75 Å². The Morgan fingerprint density at radius 1 is 1.19 bits per heavy atom. The average molecular weight is 548 g/mol. The van der Waals surface area contributed by atoms with Crippen LogP contribution in [0.1, 0.15) is 50.8 Å². The van der Waals surface area contributed by atoms with E-state index in [9.17, 15) is 4.79 Å². The van der Waals surface area contributed by atoms with Crippen LogP contribution in [-0.2, 0) is 16.1 Å². The van der Waals surface area contributed by atoms with Gasteiger partial charge in [-0.25, -0.2) is 9.48 Å². The van der Waals surface area contributed by atoms with Crippen LogP contribution in [0.25, 0.3) is 0 Å². The van der Waals surface area contributed by atoms with Crippen molar-refractivity contribution in [2.75, 3.05) is 17.7 Å². The second-order valence-electron chi connectivity index (χ2n) is 8.21. The Balaban J connectivity index is 1.73. The first kappa shape index (κ1) is 26.4. The summed E-state index contributed by atoms with van der Waals surface area (Å²) in [5.41, 5.74) is 2.69. The summed E-state index contributed by atoms with van der Waals surface area (Å²) >= 11 is 14.0. The van der Waals surface area contributed by atoms with Crippen molar-refractivity contribution in [1.29, 1.82) is 0 Å². The predicted octanol–water partition coefficient (Wildman–Crippen LogP) is 6.91. The third kappa shape index (κ3) is 5.82. The van der Waals surface area contributed by atoms with Gasteiger partial charge in [-0.2, -0.15) is 4.98 Å². The monoisotopic (exact) mass is 546 g/mol. The van der Waals surface area contributed by atoms with E-state index in [1.54, 1.807) is 35.5 Å². The Morgan fingerprint density at radius 3 is 2.75 bits per heavy atom. The molecule has 10 heteroatoms. The smallest absolute Gasteiger partial charge is 0.338 e. The number of carbonyl (C=O) groups is 1. The van der Waals surface area contributed by atoms with Gasteiger partial charge in [0.1, 0.15) is 18.4 Å². The highest BCUT2D eigenvalue weighted by molar-refractivity contribution is 7.99. The number of anilines is 1. The van der Waals surface area contributed by atoms with Gasteiger partial charge in [0.25, 0.3) is 0 Å². The number of hydrogen-bond donors (Lipinski definition) is 1. The maximum atomic E-state index is 13.1. The largest absolute Gasteiger partial charge is 0.488 e. The van der Waals surface area contributed by atoms with Crippen molar-refractivity contribution >= 4 is 46.9 Å². The average Bonchev–Trinajstić information content (AvgIpc) is 3.25. The van der Waals surface area contributed by atoms with Crippen LogP contribution in [-0.4, -0.2) is 33.1 Å². The third-order valence-corrected chi connectivity index (χ3v) is 7.18. The molecule has 0 bridgehead atoms. The number of para-hydroxylation sites is 1. The maximum absolute atomic E-state index is 13.1. The Bertz CT molecular complexity index is 1280.